The zero-order chi connectivity index (χ0) is 20.3. The van der Waals surface area contributed by atoms with Gasteiger partial charge in [0.15, 0.2) is 5.16 Å². The Morgan fingerprint density at radius 2 is 2.04 bits per heavy atom. The molecule has 5 nitrogen and oxygen atoms in total. The summed E-state index contributed by atoms with van der Waals surface area (Å²) >= 11 is 13.3. The Labute approximate surface area is 176 Å². The van der Waals surface area contributed by atoms with E-state index >= 15 is 0 Å². The Morgan fingerprint density at radius 1 is 1.29 bits per heavy atom. The SMILES string of the molecule is C=CCn1c(SC(C)C(=O)Nc2cccc(Cl)c2Cl)nc2ccccc2c1=O. The molecule has 0 aliphatic heterocycles. The first-order valence-electron chi connectivity index (χ1n) is 8.44. The summed E-state index contributed by atoms with van der Waals surface area (Å²) in [6, 6.07) is 12.1. The molecule has 1 unspecified atom stereocenters. The number of nitrogens with one attached hydrogen (secondary N) is 1. The zero-order valence-corrected chi connectivity index (χ0v) is 17.3. The molecular weight excluding hydrogens is 417 g/mol. The van der Waals surface area contributed by atoms with Crippen molar-refractivity contribution in [2.45, 2.75) is 23.9 Å². The molecule has 0 aliphatic carbocycles. The summed E-state index contributed by atoms with van der Waals surface area (Å²) in [5.41, 5.74) is 0.848. The van der Waals surface area contributed by atoms with Crippen molar-refractivity contribution < 1.29 is 4.79 Å². The van der Waals surface area contributed by atoms with Crippen LogP contribution in [0.2, 0.25) is 10.0 Å². The largest absolute Gasteiger partial charge is 0.324 e. The van der Waals surface area contributed by atoms with Gasteiger partial charge in [0.05, 0.1) is 31.9 Å². The monoisotopic (exact) mass is 433 g/mol. The van der Waals surface area contributed by atoms with Gasteiger partial charge in [-0.2, -0.15) is 0 Å². The number of nitrogens with zero attached hydrogens (tertiary/aromatic N) is 2. The molecule has 1 aromatic heterocycles. The number of amides is 1. The fourth-order valence-corrected chi connectivity index (χ4v) is 3.84. The van der Waals surface area contributed by atoms with Gasteiger partial charge in [0.25, 0.3) is 5.56 Å². The first-order valence-corrected chi connectivity index (χ1v) is 10.1. The molecule has 0 saturated heterocycles. The molecule has 144 valence electrons. The van der Waals surface area contributed by atoms with E-state index in [-0.39, 0.29) is 16.5 Å². The second kappa shape index (κ2) is 8.82. The summed E-state index contributed by atoms with van der Waals surface area (Å²) in [5.74, 6) is -0.276. The molecule has 0 bridgehead atoms. The van der Waals surface area contributed by atoms with Crippen LogP contribution in [-0.4, -0.2) is 20.7 Å². The van der Waals surface area contributed by atoms with Crippen molar-refractivity contribution in [2.24, 2.45) is 0 Å². The molecule has 1 atom stereocenters. The minimum absolute atomic E-state index is 0.168. The summed E-state index contributed by atoms with van der Waals surface area (Å²) in [6.45, 7) is 5.74. The zero-order valence-electron chi connectivity index (χ0n) is 15.0. The van der Waals surface area contributed by atoms with Crippen molar-refractivity contribution >= 4 is 57.5 Å². The number of allylic oxidation sites excluding steroid dienone is 1. The summed E-state index contributed by atoms with van der Waals surface area (Å²) in [7, 11) is 0. The number of thioether (sulfide) groups is 1. The molecule has 28 heavy (non-hydrogen) atoms. The molecule has 0 spiro atoms. The number of halogens is 2. The molecule has 8 heteroatoms. The maximum atomic E-state index is 12.8. The summed E-state index contributed by atoms with van der Waals surface area (Å²) in [4.78, 5) is 30.0. The lowest BCUT2D eigenvalue weighted by Crippen LogP contribution is -2.26. The third-order valence-electron chi connectivity index (χ3n) is 4.00. The van der Waals surface area contributed by atoms with Gasteiger partial charge in [-0.15, -0.1) is 6.58 Å². The number of aromatic nitrogens is 2. The molecule has 1 N–H and O–H groups in total. The molecule has 1 heterocycles. The second-order valence-electron chi connectivity index (χ2n) is 5.97. The predicted octanol–water partition coefficient (Wildman–Crippen LogP) is 5.01. The number of hydrogen-bond acceptors (Lipinski definition) is 4. The second-order valence-corrected chi connectivity index (χ2v) is 8.06. The van der Waals surface area contributed by atoms with Crippen molar-refractivity contribution in [2.75, 3.05) is 5.32 Å². The van der Waals surface area contributed by atoms with Gasteiger partial charge in [0.2, 0.25) is 5.91 Å². The Kier molecular flexibility index (Phi) is 6.44. The third kappa shape index (κ3) is 4.24. The van der Waals surface area contributed by atoms with Crippen LogP contribution in [0.1, 0.15) is 6.92 Å². The molecular formula is C20H17Cl2N3O2S. The predicted molar refractivity (Wildman–Crippen MR) is 117 cm³/mol. The van der Waals surface area contributed by atoms with E-state index in [0.717, 1.165) is 0 Å². The van der Waals surface area contributed by atoms with Gasteiger partial charge < -0.3 is 5.32 Å². The Balaban J connectivity index is 1.89. The number of carbonyl (C=O) groups excluding carboxylic acids is 1. The van der Waals surface area contributed by atoms with Gasteiger partial charge in [0, 0.05) is 6.54 Å². The summed E-state index contributed by atoms with van der Waals surface area (Å²) in [6.07, 6.45) is 1.62. The molecule has 0 radical (unpaired) electrons. The van der Waals surface area contributed by atoms with Crippen LogP contribution in [0.5, 0.6) is 0 Å². The number of benzene rings is 2. The quantitative estimate of drug-likeness (QED) is 0.337. The molecule has 3 aromatic rings. The smallest absolute Gasteiger partial charge is 0.262 e. The maximum absolute atomic E-state index is 12.8. The van der Waals surface area contributed by atoms with Gasteiger partial charge in [-0.05, 0) is 31.2 Å². The number of rotatable bonds is 6. The van der Waals surface area contributed by atoms with Gasteiger partial charge in [-0.1, -0.05) is 59.2 Å². The third-order valence-corrected chi connectivity index (χ3v) is 5.91. The molecule has 0 fully saturated rings. The Hall–Kier alpha value is -2.28. The van der Waals surface area contributed by atoms with Crippen molar-refractivity contribution in [1.29, 1.82) is 0 Å². The molecule has 3 rings (SSSR count). The van der Waals surface area contributed by atoms with Crippen molar-refractivity contribution in [3.63, 3.8) is 0 Å². The topological polar surface area (TPSA) is 64.0 Å². The number of fused-ring (bicyclic) bond motifs is 1. The average molecular weight is 434 g/mol. The number of hydrogen-bond donors (Lipinski definition) is 1. The van der Waals surface area contributed by atoms with E-state index in [4.69, 9.17) is 23.2 Å². The van der Waals surface area contributed by atoms with E-state index in [2.05, 4.69) is 16.9 Å². The van der Waals surface area contributed by atoms with Crippen LogP contribution in [0.4, 0.5) is 5.69 Å². The van der Waals surface area contributed by atoms with E-state index < -0.39 is 5.25 Å². The minimum Gasteiger partial charge on any atom is -0.324 e. The van der Waals surface area contributed by atoms with Crippen molar-refractivity contribution in [3.05, 3.63) is 75.5 Å². The molecule has 0 saturated carbocycles. The number of carbonyl (C=O) groups is 1. The molecule has 2 aromatic carbocycles. The molecule has 0 aliphatic rings. The van der Waals surface area contributed by atoms with E-state index in [1.54, 1.807) is 49.4 Å². The van der Waals surface area contributed by atoms with Crippen LogP contribution in [0.15, 0.2) is 65.1 Å². The lowest BCUT2D eigenvalue weighted by atomic mass is 10.2. The van der Waals surface area contributed by atoms with Crippen LogP contribution < -0.4 is 10.9 Å². The highest BCUT2D eigenvalue weighted by Gasteiger charge is 2.20. The van der Waals surface area contributed by atoms with Gasteiger partial charge in [-0.25, -0.2) is 4.98 Å². The Bertz CT molecular complexity index is 1110. The lowest BCUT2D eigenvalue weighted by molar-refractivity contribution is -0.115. The summed E-state index contributed by atoms with van der Waals surface area (Å²) < 4.78 is 1.51. The lowest BCUT2D eigenvalue weighted by Gasteiger charge is -2.16. The normalized spacial score (nSPS) is 12.0. The van der Waals surface area contributed by atoms with Crippen LogP contribution >= 0.6 is 35.0 Å². The van der Waals surface area contributed by atoms with E-state index in [9.17, 15) is 9.59 Å². The first kappa shape index (κ1) is 20.5. The number of para-hydroxylation sites is 1. The maximum Gasteiger partial charge on any atom is 0.262 e. The van der Waals surface area contributed by atoms with Crippen LogP contribution in [-0.2, 0) is 11.3 Å². The fourth-order valence-electron chi connectivity index (χ4n) is 2.57. The van der Waals surface area contributed by atoms with Crippen molar-refractivity contribution in [1.82, 2.24) is 9.55 Å². The average Bonchev–Trinajstić information content (AvgIpc) is 2.68. The van der Waals surface area contributed by atoms with E-state index in [1.807, 2.05) is 6.07 Å². The summed E-state index contributed by atoms with van der Waals surface area (Å²) in [5, 5.41) is 3.84. The van der Waals surface area contributed by atoms with E-state index in [0.29, 0.717) is 33.3 Å². The van der Waals surface area contributed by atoms with Gasteiger partial charge in [0.1, 0.15) is 0 Å². The highest BCUT2D eigenvalue weighted by atomic mass is 35.5. The minimum atomic E-state index is -0.529. The van der Waals surface area contributed by atoms with E-state index in [1.165, 1.54) is 16.3 Å². The van der Waals surface area contributed by atoms with Crippen LogP contribution in [0, 0.1) is 0 Å². The van der Waals surface area contributed by atoms with Crippen LogP contribution in [0.3, 0.4) is 0 Å². The highest BCUT2D eigenvalue weighted by molar-refractivity contribution is 8.00. The fraction of sp³-hybridized carbons (Fsp3) is 0.150. The van der Waals surface area contributed by atoms with Gasteiger partial charge in [-0.3, -0.25) is 14.2 Å². The molecule has 1 amide bonds. The van der Waals surface area contributed by atoms with Crippen molar-refractivity contribution in [3.8, 4) is 0 Å². The Morgan fingerprint density at radius 3 is 2.79 bits per heavy atom. The van der Waals surface area contributed by atoms with Gasteiger partial charge >= 0.3 is 0 Å². The first-order chi connectivity index (χ1) is 13.4. The highest BCUT2D eigenvalue weighted by Crippen LogP contribution is 2.30. The standard InChI is InChI=1S/C20H17Cl2N3O2S/c1-3-11-25-19(27)13-7-4-5-9-15(13)24-20(25)28-12(2)18(26)23-16-10-6-8-14(21)17(16)22/h3-10,12H,1,11H2,2H3,(H,23,26). The number of anilines is 1. The van der Waals surface area contributed by atoms with Crippen LogP contribution in [0.25, 0.3) is 10.9 Å².